The summed E-state index contributed by atoms with van der Waals surface area (Å²) in [6, 6.07) is 16.7. The predicted octanol–water partition coefficient (Wildman–Crippen LogP) is 10.8. The summed E-state index contributed by atoms with van der Waals surface area (Å²) in [6.45, 7) is 12.3. The molecule has 0 bridgehead atoms. The molecule has 0 unspecified atom stereocenters. The van der Waals surface area contributed by atoms with Gasteiger partial charge in [0.1, 0.15) is 17.4 Å². The molecule has 4 aliphatic carbocycles. The first-order valence-electron chi connectivity index (χ1n) is 19.2. The Morgan fingerprint density at radius 2 is 1.76 bits per heavy atom. The van der Waals surface area contributed by atoms with Crippen molar-refractivity contribution in [2.75, 3.05) is 6.61 Å². The summed E-state index contributed by atoms with van der Waals surface area (Å²) in [5, 5.41) is 0.816. The summed E-state index contributed by atoms with van der Waals surface area (Å²) in [6.07, 6.45) is 16.2. The molecule has 3 fully saturated rings. The Morgan fingerprint density at radius 1 is 0.939 bits per heavy atom. The highest BCUT2D eigenvalue weighted by Gasteiger charge is 2.59. The highest BCUT2D eigenvalue weighted by molar-refractivity contribution is 5.93. The molecule has 49 heavy (non-hydrogen) atoms. The van der Waals surface area contributed by atoms with E-state index in [0.717, 1.165) is 71.3 Å². The summed E-state index contributed by atoms with van der Waals surface area (Å²) < 4.78 is 17.4. The molecule has 2 aromatic carbocycles. The van der Waals surface area contributed by atoms with Gasteiger partial charge in [-0.3, -0.25) is 0 Å². The second-order valence-corrected chi connectivity index (χ2v) is 16.9. The summed E-state index contributed by atoms with van der Waals surface area (Å²) in [4.78, 5) is 25.4. The molecule has 0 saturated heterocycles. The first-order chi connectivity index (χ1) is 23.5. The second kappa shape index (κ2) is 13.8. The van der Waals surface area contributed by atoms with E-state index < -0.39 is 5.63 Å². The number of carbonyl (C=O) groups excluding carboxylic acids is 1. The molecular formula is C44H56O5. The van der Waals surface area contributed by atoms with Crippen molar-refractivity contribution in [3.05, 3.63) is 76.7 Å². The van der Waals surface area contributed by atoms with Gasteiger partial charge in [0, 0.05) is 23.9 Å². The molecular weight excluding hydrogens is 608 g/mol. The third-order valence-corrected chi connectivity index (χ3v) is 13.7. The lowest BCUT2D eigenvalue weighted by atomic mass is 9.47. The van der Waals surface area contributed by atoms with Crippen molar-refractivity contribution in [3.8, 4) is 16.9 Å². The number of fused-ring (bicyclic) bond motifs is 6. The molecule has 1 heterocycles. The molecule has 1 aromatic heterocycles. The van der Waals surface area contributed by atoms with E-state index in [2.05, 4.69) is 40.7 Å². The lowest BCUT2D eigenvalue weighted by Crippen LogP contribution is -2.51. The van der Waals surface area contributed by atoms with Crippen LogP contribution in [0.25, 0.3) is 22.1 Å². The number of esters is 1. The van der Waals surface area contributed by atoms with Crippen LogP contribution in [-0.2, 0) is 9.53 Å². The third-order valence-electron chi connectivity index (χ3n) is 13.7. The topological polar surface area (TPSA) is 65.7 Å². The molecule has 5 nitrogen and oxygen atoms in total. The standard InChI is InChI=1S/C44H56O5/c1-28(2)10-9-11-29(3)37-18-19-38-35-16-14-31-24-33(20-22-43(31,4)39(35)21-23-44(37,38)5)48-42(46)27-47-32-15-17-34-36(30-12-7-6-8-13-30)26-41(45)49-40(34)25-32/h6-8,12-15,17,25-26,28-29,33,35,37-39H,9-11,16,18-24,27H2,1-5H3/t29-,33+,35+,37-,38-,39+,43+,44-/m1/s1. The number of hydrogen-bond acceptors (Lipinski definition) is 5. The highest BCUT2D eigenvalue weighted by atomic mass is 16.6. The van der Waals surface area contributed by atoms with Gasteiger partial charge in [-0.05, 0) is 115 Å². The van der Waals surface area contributed by atoms with Crippen molar-refractivity contribution in [1.82, 2.24) is 0 Å². The zero-order valence-corrected chi connectivity index (χ0v) is 30.3. The molecule has 3 saturated carbocycles. The van der Waals surface area contributed by atoms with E-state index in [-0.39, 0.29) is 24.1 Å². The van der Waals surface area contributed by atoms with Crippen LogP contribution in [-0.4, -0.2) is 18.7 Å². The maximum Gasteiger partial charge on any atom is 0.344 e. The number of rotatable bonds is 10. The Bertz CT molecular complexity index is 1740. The summed E-state index contributed by atoms with van der Waals surface area (Å²) in [7, 11) is 0. The number of hydrogen-bond donors (Lipinski definition) is 0. The molecule has 0 aliphatic heterocycles. The molecule has 0 amide bonds. The summed E-state index contributed by atoms with van der Waals surface area (Å²) >= 11 is 0. The van der Waals surface area contributed by atoms with Gasteiger partial charge in [-0.2, -0.15) is 0 Å². The van der Waals surface area contributed by atoms with E-state index in [1.54, 1.807) is 6.07 Å². The predicted molar refractivity (Wildman–Crippen MR) is 196 cm³/mol. The van der Waals surface area contributed by atoms with Gasteiger partial charge >= 0.3 is 11.6 Å². The fourth-order valence-corrected chi connectivity index (χ4v) is 11.2. The van der Waals surface area contributed by atoms with Crippen LogP contribution in [0.3, 0.4) is 0 Å². The monoisotopic (exact) mass is 664 g/mol. The van der Waals surface area contributed by atoms with Crippen LogP contribution in [0, 0.1) is 46.3 Å². The van der Waals surface area contributed by atoms with Crippen LogP contribution in [0.15, 0.2) is 75.5 Å². The van der Waals surface area contributed by atoms with Gasteiger partial charge in [0.15, 0.2) is 6.61 Å². The molecule has 7 rings (SSSR count). The number of allylic oxidation sites excluding steroid dienone is 1. The maximum absolute atomic E-state index is 13.0. The molecule has 3 aromatic rings. The van der Waals surface area contributed by atoms with Gasteiger partial charge < -0.3 is 13.9 Å². The molecule has 4 aliphatic rings. The molecule has 5 heteroatoms. The van der Waals surface area contributed by atoms with Crippen LogP contribution >= 0.6 is 0 Å². The van der Waals surface area contributed by atoms with Gasteiger partial charge in [-0.25, -0.2) is 9.59 Å². The Labute approximate surface area is 292 Å². The van der Waals surface area contributed by atoms with Crippen LogP contribution in [0.2, 0.25) is 0 Å². The van der Waals surface area contributed by atoms with Crippen molar-refractivity contribution >= 4 is 16.9 Å². The Morgan fingerprint density at radius 3 is 2.55 bits per heavy atom. The number of benzene rings is 2. The first kappa shape index (κ1) is 34.1. The largest absolute Gasteiger partial charge is 0.482 e. The van der Waals surface area contributed by atoms with Gasteiger partial charge in [-0.1, -0.05) is 95.9 Å². The fraction of sp³-hybridized carbons (Fsp3) is 0.591. The smallest absolute Gasteiger partial charge is 0.344 e. The first-order valence-corrected chi connectivity index (χ1v) is 19.2. The van der Waals surface area contributed by atoms with Crippen molar-refractivity contribution in [1.29, 1.82) is 0 Å². The summed E-state index contributed by atoms with van der Waals surface area (Å²) in [5.74, 6) is 5.02. The van der Waals surface area contributed by atoms with Gasteiger partial charge in [0.25, 0.3) is 0 Å². The molecule has 262 valence electrons. The van der Waals surface area contributed by atoms with Crippen LogP contribution in [0.1, 0.15) is 105 Å². The van der Waals surface area contributed by atoms with Crippen molar-refractivity contribution in [2.24, 2.45) is 46.3 Å². The lowest BCUT2D eigenvalue weighted by Gasteiger charge is -2.58. The van der Waals surface area contributed by atoms with E-state index in [4.69, 9.17) is 13.9 Å². The van der Waals surface area contributed by atoms with E-state index in [9.17, 15) is 9.59 Å². The van der Waals surface area contributed by atoms with Crippen molar-refractivity contribution < 1.29 is 18.7 Å². The number of ether oxygens (including phenoxy) is 2. The van der Waals surface area contributed by atoms with Gasteiger partial charge in [0.2, 0.25) is 0 Å². The SMILES string of the molecule is CC(C)CCC[C@@H](C)[C@H]1CC[C@@H]2[C@@H]3CC=C4C[C@@H](OC(=O)COc5ccc6c(-c7ccccc7)cc(=O)oc6c5)CC[C@]4(C)[C@H]3CC[C@@]21C. The van der Waals surface area contributed by atoms with E-state index in [1.807, 2.05) is 42.5 Å². The molecule has 0 spiro atoms. The minimum Gasteiger partial charge on any atom is -0.482 e. The quantitative estimate of drug-likeness (QED) is 0.123. The number of carbonyl (C=O) groups is 1. The average Bonchev–Trinajstić information content (AvgIpc) is 3.44. The Balaban J connectivity index is 0.959. The molecule has 0 N–H and O–H groups in total. The van der Waals surface area contributed by atoms with Gasteiger partial charge in [-0.15, -0.1) is 0 Å². The Kier molecular flexibility index (Phi) is 9.58. The van der Waals surface area contributed by atoms with Crippen LogP contribution in [0.5, 0.6) is 5.75 Å². The normalized spacial score (nSPS) is 31.4. The minimum absolute atomic E-state index is 0.105. The van der Waals surface area contributed by atoms with Crippen LogP contribution < -0.4 is 10.4 Å². The maximum atomic E-state index is 13.0. The Hall–Kier alpha value is -3.34. The second-order valence-electron chi connectivity index (χ2n) is 16.9. The van der Waals surface area contributed by atoms with E-state index in [1.165, 1.54) is 63.0 Å². The van der Waals surface area contributed by atoms with Crippen LogP contribution in [0.4, 0.5) is 0 Å². The fourth-order valence-electron chi connectivity index (χ4n) is 11.2. The van der Waals surface area contributed by atoms with E-state index >= 15 is 0 Å². The average molecular weight is 665 g/mol. The van der Waals surface area contributed by atoms with Crippen molar-refractivity contribution in [3.63, 3.8) is 0 Å². The minimum atomic E-state index is -0.424. The third kappa shape index (κ3) is 6.64. The highest BCUT2D eigenvalue weighted by Crippen LogP contribution is 2.67. The zero-order chi connectivity index (χ0) is 34.3. The molecule has 0 radical (unpaired) electrons. The molecule has 8 atom stereocenters. The van der Waals surface area contributed by atoms with Crippen molar-refractivity contribution in [2.45, 2.75) is 111 Å². The lowest BCUT2D eigenvalue weighted by molar-refractivity contribution is -0.153. The van der Waals surface area contributed by atoms with E-state index in [0.29, 0.717) is 16.7 Å². The van der Waals surface area contributed by atoms with Gasteiger partial charge in [0.05, 0.1) is 0 Å². The summed E-state index contributed by atoms with van der Waals surface area (Å²) in [5.41, 5.74) is 3.99. The zero-order valence-electron chi connectivity index (χ0n) is 30.3.